The van der Waals surface area contributed by atoms with E-state index in [-0.39, 0.29) is 53.8 Å². The lowest BCUT2D eigenvalue weighted by atomic mass is 9.92. The Morgan fingerprint density at radius 2 is 1.57 bits per heavy atom. The average Bonchev–Trinajstić information content (AvgIpc) is 3.43. The molecule has 0 saturated carbocycles. The van der Waals surface area contributed by atoms with E-state index in [9.17, 15) is 23.6 Å². The van der Waals surface area contributed by atoms with Gasteiger partial charge in [-0.3, -0.25) is 14.4 Å². The summed E-state index contributed by atoms with van der Waals surface area (Å²) in [6.07, 6.45) is 2.66. The normalized spacial score (nSPS) is 12.5. The zero-order valence-electron chi connectivity index (χ0n) is 29.5. The fourth-order valence-electron chi connectivity index (χ4n) is 4.69. The van der Waals surface area contributed by atoms with Gasteiger partial charge in [0, 0.05) is 41.3 Å². The number of fused-ring (bicyclic) bond motifs is 1. The van der Waals surface area contributed by atoms with Crippen molar-refractivity contribution in [1.82, 2.24) is 10.3 Å². The van der Waals surface area contributed by atoms with Gasteiger partial charge in [-0.15, -0.1) is 0 Å². The van der Waals surface area contributed by atoms with Crippen molar-refractivity contribution in [3.05, 3.63) is 65.6 Å². The quantitative estimate of drug-likeness (QED) is 0.171. The summed E-state index contributed by atoms with van der Waals surface area (Å²) in [5, 5.41) is 14.8. The largest absolute Gasteiger partial charge is 0.350 e. The number of carbonyl (C=O) groups is 4. The van der Waals surface area contributed by atoms with Crippen LogP contribution in [-0.2, 0) is 14.4 Å². The predicted octanol–water partition coefficient (Wildman–Crippen LogP) is 8.56. The number of amides is 2. The van der Waals surface area contributed by atoms with Crippen LogP contribution in [0.4, 0.5) is 10.1 Å². The molecule has 3 unspecified atom stereocenters. The molecule has 0 fully saturated rings. The highest BCUT2D eigenvalue weighted by Crippen LogP contribution is 2.22. The fourth-order valence-corrected chi connectivity index (χ4v) is 4.69. The molecular formula is C38H53FN4O4. The summed E-state index contributed by atoms with van der Waals surface area (Å²) in [5.41, 5.74) is 2.29. The van der Waals surface area contributed by atoms with E-state index < -0.39 is 17.8 Å². The van der Waals surface area contributed by atoms with Crippen LogP contribution >= 0.6 is 0 Å². The molecule has 0 aliphatic heterocycles. The second-order valence-corrected chi connectivity index (χ2v) is 13.1. The topological polar surface area (TPSA) is 132 Å². The molecule has 8 nitrogen and oxygen atoms in total. The van der Waals surface area contributed by atoms with Gasteiger partial charge < -0.3 is 20.4 Å². The third kappa shape index (κ3) is 15.2. The van der Waals surface area contributed by atoms with Crippen LogP contribution < -0.4 is 10.6 Å². The van der Waals surface area contributed by atoms with Crippen LogP contribution in [0.25, 0.3) is 10.9 Å². The van der Waals surface area contributed by atoms with Crippen LogP contribution in [0, 0.1) is 47.7 Å². The maximum absolute atomic E-state index is 14.0. The highest BCUT2D eigenvalue weighted by Gasteiger charge is 2.25. The monoisotopic (exact) mass is 648 g/mol. The molecule has 1 heterocycles. The van der Waals surface area contributed by atoms with Crippen LogP contribution in [0.1, 0.15) is 104 Å². The Bertz CT molecular complexity index is 1490. The highest BCUT2D eigenvalue weighted by molar-refractivity contribution is 6.01. The Balaban J connectivity index is 0.000000440. The van der Waals surface area contributed by atoms with Gasteiger partial charge in [-0.1, -0.05) is 66.2 Å². The van der Waals surface area contributed by atoms with E-state index >= 15 is 0 Å². The number of anilines is 1. The molecule has 0 bridgehead atoms. The lowest BCUT2D eigenvalue weighted by Crippen LogP contribution is -2.44. The van der Waals surface area contributed by atoms with Gasteiger partial charge in [0.15, 0.2) is 5.78 Å². The van der Waals surface area contributed by atoms with E-state index in [0.717, 1.165) is 30.0 Å². The SMILES string of the molecule is CC(=O)CCC(=O)C(NC(=O)c1cc2c(F)cc(C)cc2[nH]1)C(C)C.CC(C)C.CCCC(CC(C)C#N)C(=O)Nc1ccccc1. The molecule has 1 aromatic heterocycles. The van der Waals surface area contributed by atoms with Gasteiger partial charge in [0.2, 0.25) is 5.91 Å². The number of Topliss-reactive ketones (excluding diaryl/α,β-unsaturated/α-hetero) is 2. The van der Waals surface area contributed by atoms with Crippen molar-refractivity contribution in [2.75, 3.05) is 5.32 Å². The molecule has 3 atom stereocenters. The maximum atomic E-state index is 14.0. The Hall–Kier alpha value is -4.32. The van der Waals surface area contributed by atoms with E-state index in [4.69, 9.17) is 5.26 Å². The lowest BCUT2D eigenvalue weighted by Gasteiger charge is -2.20. The van der Waals surface area contributed by atoms with Crippen LogP contribution in [0.15, 0.2) is 48.5 Å². The van der Waals surface area contributed by atoms with Crippen molar-refractivity contribution >= 4 is 40.0 Å². The standard InChI is InChI=1S/C19H23FN2O3.C15H20N2O.C4H10/c1-10(2)18(17(24)6-5-12(4)23)22-19(25)16-9-13-14(20)7-11(3)8-15(13)21-16;1-3-7-13(10-12(2)11-16)15(18)17-14-8-5-4-6-9-14;1-4(2)3/h7-10,18,21H,5-6H2,1-4H3,(H,22,25);4-6,8-9,12-13H,3,7,10H2,1-2H3,(H,17,18);4H,1-3H3. The molecule has 0 aliphatic rings. The average molecular weight is 649 g/mol. The zero-order valence-corrected chi connectivity index (χ0v) is 29.5. The van der Waals surface area contributed by atoms with E-state index in [1.807, 2.05) is 51.1 Å². The van der Waals surface area contributed by atoms with Gasteiger partial charge >= 0.3 is 0 Å². The number of nitrogens with zero attached hydrogens (tertiary/aromatic N) is 1. The first kappa shape index (κ1) is 40.7. The Labute approximate surface area is 279 Å². The van der Waals surface area contributed by atoms with Crippen molar-refractivity contribution < 1.29 is 23.6 Å². The number of ketones is 2. The number of carbonyl (C=O) groups excluding carboxylic acids is 4. The molecule has 2 amide bonds. The van der Waals surface area contributed by atoms with Crippen molar-refractivity contribution in [3.8, 4) is 6.07 Å². The second-order valence-electron chi connectivity index (χ2n) is 13.1. The molecule has 3 rings (SSSR count). The lowest BCUT2D eigenvalue weighted by molar-refractivity contribution is -0.125. The number of hydrogen-bond donors (Lipinski definition) is 3. The first-order valence-electron chi connectivity index (χ1n) is 16.5. The molecule has 47 heavy (non-hydrogen) atoms. The Morgan fingerprint density at radius 3 is 2.11 bits per heavy atom. The van der Waals surface area contributed by atoms with Gasteiger partial charge in [-0.25, -0.2) is 4.39 Å². The summed E-state index contributed by atoms with van der Waals surface area (Å²) < 4.78 is 14.0. The van der Waals surface area contributed by atoms with Gasteiger partial charge in [0.1, 0.15) is 17.3 Å². The highest BCUT2D eigenvalue weighted by atomic mass is 19.1. The fraction of sp³-hybridized carbons (Fsp3) is 0.500. The smallest absolute Gasteiger partial charge is 0.268 e. The number of nitrogens with one attached hydrogen (secondary N) is 3. The summed E-state index contributed by atoms with van der Waals surface area (Å²) in [5.74, 6) is -0.545. The minimum absolute atomic E-state index is 0.0187. The molecule has 256 valence electrons. The number of nitriles is 1. The molecule has 9 heteroatoms. The van der Waals surface area contributed by atoms with Crippen LogP contribution in [-0.4, -0.2) is 34.4 Å². The minimum atomic E-state index is -0.690. The van der Waals surface area contributed by atoms with E-state index in [2.05, 4.69) is 49.4 Å². The predicted molar refractivity (Wildman–Crippen MR) is 187 cm³/mol. The zero-order chi connectivity index (χ0) is 35.7. The number of aromatic nitrogens is 1. The van der Waals surface area contributed by atoms with Gasteiger partial charge in [0.05, 0.1) is 12.1 Å². The summed E-state index contributed by atoms with van der Waals surface area (Å²) in [4.78, 5) is 50.9. The van der Waals surface area contributed by atoms with Crippen molar-refractivity contribution in [1.29, 1.82) is 5.26 Å². The van der Waals surface area contributed by atoms with Crippen molar-refractivity contribution in [2.45, 2.75) is 100 Å². The first-order valence-corrected chi connectivity index (χ1v) is 16.5. The van der Waals surface area contributed by atoms with E-state index in [1.54, 1.807) is 13.0 Å². The van der Waals surface area contributed by atoms with Crippen LogP contribution in [0.5, 0.6) is 0 Å². The molecular weight excluding hydrogens is 595 g/mol. The van der Waals surface area contributed by atoms with Crippen LogP contribution in [0.3, 0.4) is 0 Å². The number of halogens is 1. The van der Waals surface area contributed by atoms with Gasteiger partial charge in [-0.05, 0) is 81.3 Å². The first-order chi connectivity index (χ1) is 22.1. The number of hydrogen-bond acceptors (Lipinski definition) is 5. The minimum Gasteiger partial charge on any atom is -0.350 e. The summed E-state index contributed by atoms with van der Waals surface area (Å²) >= 11 is 0. The molecule has 0 spiro atoms. The number of aromatic amines is 1. The molecule has 2 aromatic carbocycles. The maximum Gasteiger partial charge on any atom is 0.268 e. The molecule has 0 radical (unpaired) electrons. The summed E-state index contributed by atoms with van der Waals surface area (Å²) in [6.45, 7) is 17.3. The number of para-hydroxylation sites is 1. The molecule has 3 aromatic rings. The Morgan fingerprint density at radius 1 is 0.957 bits per heavy atom. The van der Waals surface area contributed by atoms with Gasteiger partial charge in [0.25, 0.3) is 5.91 Å². The third-order valence-electron chi connectivity index (χ3n) is 7.01. The molecule has 0 saturated heterocycles. The van der Waals surface area contributed by atoms with Crippen molar-refractivity contribution in [3.63, 3.8) is 0 Å². The number of H-pyrrole nitrogens is 1. The Kier molecular flexibility index (Phi) is 18.0. The van der Waals surface area contributed by atoms with E-state index in [1.165, 1.54) is 19.1 Å². The summed E-state index contributed by atoms with van der Waals surface area (Å²) in [6, 6.07) is 15.5. The van der Waals surface area contributed by atoms with Gasteiger partial charge in [-0.2, -0.15) is 5.26 Å². The third-order valence-corrected chi connectivity index (χ3v) is 7.01. The number of aryl methyl sites for hydroxylation is 1. The van der Waals surface area contributed by atoms with E-state index in [0.29, 0.717) is 17.3 Å². The molecule has 3 N–H and O–H groups in total. The van der Waals surface area contributed by atoms with Crippen molar-refractivity contribution in [2.24, 2.45) is 23.7 Å². The molecule has 0 aliphatic carbocycles. The van der Waals surface area contributed by atoms with Crippen LogP contribution in [0.2, 0.25) is 0 Å². The number of benzene rings is 2. The summed E-state index contributed by atoms with van der Waals surface area (Å²) in [7, 11) is 0. The second kappa shape index (κ2) is 20.7. The number of rotatable bonds is 13.